The molecule has 1 rings (SSSR count). The number of carbonyl (C=O) groups is 2. The third-order valence-electron chi connectivity index (χ3n) is 3.17. The van der Waals surface area contributed by atoms with Crippen molar-refractivity contribution in [2.75, 3.05) is 6.61 Å². The normalized spacial score (nSPS) is 12.1. The van der Waals surface area contributed by atoms with E-state index < -0.39 is 22.8 Å². The van der Waals surface area contributed by atoms with Gasteiger partial charge in [0, 0.05) is 11.6 Å². The predicted octanol–water partition coefficient (Wildman–Crippen LogP) is 3.20. The van der Waals surface area contributed by atoms with Gasteiger partial charge in [-0.2, -0.15) is 0 Å². The average molecular weight is 357 g/mol. The number of esters is 1. The Bertz CT molecular complexity index is 631. The minimum atomic E-state index is -0.842. The van der Waals surface area contributed by atoms with E-state index in [9.17, 15) is 19.7 Å². The second-order valence-electron chi connectivity index (χ2n) is 6.14. The molecule has 0 aliphatic rings. The summed E-state index contributed by atoms with van der Waals surface area (Å²) in [5, 5.41) is 13.4. The zero-order valence-corrected chi connectivity index (χ0v) is 14.8. The zero-order chi connectivity index (χ0) is 18.4. The molecule has 0 fully saturated rings. The van der Waals surface area contributed by atoms with Crippen molar-refractivity contribution < 1.29 is 19.2 Å². The second-order valence-corrected chi connectivity index (χ2v) is 6.55. The number of rotatable bonds is 7. The van der Waals surface area contributed by atoms with E-state index in [1.165, 1.54) is 12.1 Å². The van der Waals surface area contributed by atoms with Crippen LogP contribution in [0.1, 0.15) is 38.1 Å². The van der Waals surface area contributed by atoms with E-state index in [1.807, 2.05) is 13.8 Å². The van der Waals surface area contributed by atoms with Crippen LogP contribution in [0, 0.1) is 22.0 Å². The Hall–Kier alpha value is -2.15. The van der Waals surface area contributed by atoms with Gasteiger partial charge in [-0.25, -0.2) is 4.79 Å². The third kappa shape index (κ3) is 5.49. The Morgan fingerprint density at radius 2 is 1.92 bits per heavy atom. The summed E-state index contributed by atoms with van der Waals surface area (Å²) in [6.45, 7) is 7.61. The molecule has 0 saturated heterocycles. The molecule has 1 aromatic carbocycles. The lowest BCUT2D eigenvalue weighted by atomic mass is 10.0. The molecule has 0 spiro atoms. The van der Waals surface area contributed by atoms with E-state index in [0.717, 1.165) is 6.07 Å². The molecular weight excluding hydrogens is 336 g/mol. The number of nitro benzene ring substituents is 1. The predicted molar refractivity (Wildman–Crippen MR) is 90.0 cm³/mol. The molecule has 0 saturated carbocycles. The molecule has 1 amide bonds. The first-order valence-corrected chi connectivity index (χ1v) is 7.92. The average Bonchev–Trinajstić information content (AvgIpc) is 2.49. The second kappa shape index (κ2) is 8.63. The Labute approximate surface area is 145 Å². The SMILES string of the molecule is CC(C)COC(=O)[C@@H](NC(=O)c1ccc(Cl)c([N+](=O)[O-])c1)C(C)C. The van der Waals surface area contributed by atoms with Crippen molar-refractivity contribution in [3.63, 3.8) is 0 Å². The van der Waals surface area contributed by atoms with Crippen LogP contribution in [0.25, 0.3) is 0 Å². The van der Waals surface area contributed by atoms with Crippen LogP contribution < -0.4 is 5.32 Å². The van der Waals surface area contributed by atoms with E-state index >= 15 is 0 Å². The van der Waals surface area contributed by atoms with Crippen LogP contribution >= 0.6 is 11.6 Å². The number of benzene rings is 1. The molecule has 0 heterocycles. The lowest BCUT2D eigenvalue weighted by Gasteiger charge is -2.21. The van der Waals surface area contributed by atoms with Gasteiger partial charge in [0.25, 0.3) is 11.6 Å². The number of hydrogen-bond donors (Lipinski definition) is 1. The zero-order valence-electron chi connectivity index (χ0n) is 14.0. The molecule has 1 N–H and O–H groups in total. The molecule has 0 unspecified atom stereocenters. The van der Waals surface area contributed by atoms with E-state index in [4.69, 9.17) is 16.3 Å². The molecule has 0 radical (unpaired) electrons. The first-order valence-electron chi connectivity index (χ1n) is 7.55. The highest BCUT2D eigenvalue weighted by molar-refractivity contribution is 6.32. The van der Waals surface area contributed by atoms with Gasteiger partial charge in [0.1, 0.15) is 11.1 Å². The van der Waals surface area contributed by atoms with Gasteiger partial charge in [0.2, 0.25) is 0 Å². The molecule has 0 bridgehead atoms. The smallest absolute Gasteiger partial charge is 0.328 e. The first kappa shape index (κ1) is 19.9. The van der Waals surface area contributed by atoms with Crippen LogP contribution in [0.4, 0.5) is 5.69 Å². The monoisotopic (exact) mass is 356 g/mol. The summed E-state index contributed by atoms with van der Waals surface area (Å²) in [4.78, 5) is 34.7. The summed E-state index contributed by atoms with van der Waals surface area (Å²) in [5.41, 5.74) is -0.318. The van der Waals surface area contributed by atoms with E-state index in [1.54, 1.807) is 13.8 Å². The summed E-state index contributed by atoms with van der Waals surface area (Å²) >= 11 is 5.73. The van der Waals surface area contributed by atoms with Gasteiger partial charge in [-0.1, -0.05) is 39.3 Å². The van der Waals surface area contributed by atoms with Crippen LogP contribution in [0.3, 0.4) is 0 Å². The Kier molecular flexibility index (Phi) is 7.16. The number of ether oxygens (including phenoxy) is 1. The molecule has 0 aliphatic carbocycles. The Morgan fingerprint density at radius 1 is 1.29 bits per heavy atom. The van der Waals surface area contributed by atoms with Gasteiger partial charge in [-0.05, 0) is 24.0 Å². The number of carbonyl (C=O) groups excluding carboxylic acids is 2. The van der Waals surface area contributed by atoms with Crippen molar-refractivity contribution in [2.45, 2.75) is 33.7 Å². The molecule has 8 heteroatoms. The van der Waals surface area contributed by atoms with Crippen LogP contribution in [-0.4, -0.2) is 29.4 Å². The molecular formula is C16H21ClN2O5. The van der Waals surface area contributed by atoms with Gasteiger partial charge in [-0.3, -0.25) is 14.9 Å². The van der Waals surface area contributed by atoms with Gasteiger partial charge in [0.15, 0.2) is 0 Å². The minimum absolute atomic E-state index is 0.0495. The summed E-state index contributed by atoms with van der Waals surface area (Å²) in [5.74, 6) is -1.15. The summed E-state index contributed by atoms with van der Waals surface area (Å²) in [6, 6.07) is 2.87. The Balaban J connectivity index is 2.91. The number of nitro groups is 1. The third-order valence-corrected chi connectivity index (χ3v) is 3.49. The summed E-state index contributed by atoms with van der Waals surface area (Å²) in [6.07, 6.45) is 0. The lowest BCUT2D eigenvalue weighted by molar-refractivity contribution is -0.384. The maximum atomic E-state index is 12.3. The fourth-order valence-corrected chi connectivity index (χ4v) is 2.04. The summed E-state index contributed by atoms with van der Waals surface area (Å²) < 4.78 is 5.16. The molecule has 0 aromatic heterocycles. The highest BCUT2D eigenvalue weighted by Crippen LogP contribution is 2.25. The summed E-state index contributed by atoms with van der Waals surface area (Å²) in [7, 11) is 0. The molecule has 1 aromatic rings. The molecule has 132 valence electrons. The maximum Gasteiger partial charge on any atom is 0.328 e. The van der Waals surface area contributed by atoms with E-state index in [0.29, 0.717) is 0 Å². The number of amides is 1. The minimum Gasteiger partial charge on any atom is -0.464 e. The van der Waals surface area contributed by atoms with Gasteiger partial charge in [-0.15, -0.1) is 0 Å². The number of nitrogens with zero attached hydrogens (tertiary/aromatic N) is 1. The van der Waals surface area contributed by atoms with Crippen LogP contribution in [0.15, 0.2) is 18.2 Å². The van der Waals surface area contributed by atoms with Crippen molar-refractivity contribution >= 4 is 29.2 Å². The van der Waals surface area contributed by atoms with Gasteiger partial charge in [0.05, 0.1) is 11.5 Å². The van der Waals surface area contributed by atoms with Crippen LogP contribution in [0.5, 0.6) is 0 Å². The van der Waals surface area contributed by atoms with Crippen molar-refractivity contribution in [2.24, 2.45) is 11.8 Å². The topological polar surface area (TPSA) is 98.5 Å². The highest BCUT2D eigenvalue weighted by Gasteiger charge is 2.27. The van der Waals surface area contributed by atoms with Gasteiger partial charge < -0.3 is 10.1 Å². The highest BCUT2D eigenvalue weighted by atomic mass is 35.5. The van der Waals surface area contributed by atoms with E-state index in [2.05, 4.69) is 5.32 Å². The Morgan fingerprint density at radius 3 is 2.42 bits per heavy atom. The van der Waals surface area contributed by atoms with Crippen molar-refractivity contribution in [3.8, 4) is 0 Å². The molecule has 7 nitrogen and oxygen atoms in total. The number of hydrogen-bond acceptors (Lipinski definition) is 5. The standard InChI is InChI=1S/C16H21ClN2O5/c1-9(2)8-24-16(21)14(10(3)4)18-15(20)11-5-6-12(17)13(7-11)19(22)23/h5-7,9-10,14H,8H2,1-4H3,(H,18,20)/t14-/m0/s1. The lowest BCUT2D eigenvalue weighted by Crippen LogP contribution is -2.45. The largest absolute Gasteiger partial charge is 0.464 e. The van der Waals surface area contributed by atoms with Crippen LogP contribution in [0.2, 0.25) is 5.02 Å². The fraction of sp³-hybridized carbons (Fsp3) is 0.500. The van der Waals surface area contributed by atoms with Crippen molar-refractivity contribution in [1.82, 2.24) is 5.32 Å². The van der Waals surface area contributed by atoms with Crippen molar-refractivity contribution in [3.05, 3.63) is 38.9 Å². The number of nitrogens with one attached hydrogen (secondary N) is 1. The molecule has 1 atom stereocenters. The molecule has 0 aliphatic heterocycles. The van der Waals surface area contributed by atoms with Gasteiger partial charge >= 0.3 is 5.97 Å². The quantitative estimate of drug-likeness (QED) is 0.459. The van der Waals surface area contributed by atoms with Crippen molar-refractivity contribution in [1.29, 1.82) is 0 Å². The fourth-order valence-electron chi connectivity index (χ4n) is 1.85. The van der Waals surface area contributed by atoms with Crippen LogP contribution in [-0.2, 0) is 9.53 Å². The first-order chi connectivity index (χ1) is 11.1. The molecule has 24 heavy (non-hydrogen) atoms. The van der Waals surface area contributed by atoms with E-state index in [-0.39, 0.29) is 34.7 Å². The number of halogens is 1. The maximum absolute atomic E-state index is 12.3.